The van der Waals surface area contributed by atoms with Crippen LogP contribution < -0.4 is 5.32 Å². The summed E-state index contributed by atoms with van der Waals surface area (Å²) in [6.07, 6.45) is 3.72. The van der Waals surface area contributed by atoms with Gasteiger partial charge in [-0.3, -0.25) is 9.89 Å². The van der Waals surface area contributed by atoms with Gasteiger partial charge in [0, 0.05) is 52.4 Å². The van der Waals surface area contributed by atoms with E-state index in [0.29, 0.717) is 12.0 Å². The minimum atomic E-state index is 0. The minimum absolute atomic E-state index is 0. The molecular formula is C17H35IN4O2. The molecule has 0 radical (unpaired) electrons. The van der Waals surface area contributed by atoms with Crippen molar-refractivity contribution in [3.63, 3.8) is 0 Å². The molecule has 0 bridgehead atoms. The highest BCUT2D eigenvalue weighted by molar-refractivity contribution is 14.0. The molecule has 6 nitrogen and oxygen atoms in total. The van der Waals surface area contributed by atoms with Gasteiger partial charge in [0.05, 0.1) is 19.8 Å². The molecule has 0 amide bonds. The number of methoxy groups -OCH3 is 2. The molecule has 2 rings (SSSR count). The molecule has 2 unspecified atom stereocenters. The summed E-state index contributed by atoms with van der Waals surface area (Å²) in [7, 11) is 3.56. The van der Waals surface area contributed by atoms with Crippen LogP contribution in [0.1, 0.15) is 26.2 Å². The molecule has 2 fully saturated rings. The molecule has 0 aromatic carbocycles. The van der Waals surface area contributed by atoms with Crippen molar-refractivity contribution in [2.24, 2.45) is 10.9 Å². The number of ether oxygens (including phenoxy) is 2. The highest BCUT2D eigenvalue weighted by atomic mass is 127. The fraction of sp³-hybridized carbons (Fsp3) is 0.941. The lowest BCUT2D eigenvalue weighted by Gasteiger charge is -2.25. The van der Waals surface area contributed by atoms with Crippen LogP contribution in [0, 0.1) is 5.92 Å². The monoisotopic (exact) mass is 454 g/mol. The lowest BCUT2D eigenvalue weighted by molar-refractivity contribution is 0.142. The van der Waals surface area contributed by atoms with Crippen LogP contribution in [-0.2, 0) is 9.47 Å². The molecule has 2 heterocycles. The Hall–Kier alpha value is -0.120. The number of nitrogens with one attached hydrogen (secondary N) is 1. The van der Waals surface area contributed by atoms with E-state index in [4.69, 9.17) is 14.5 Å². The Labute approximate surface area is 164 Å². The molecule has 2 atom stereocenters. The highest BCUT2D eigenvalue weighted by Gasteiger charge is 2.27. The molecule has 0 saturated carbocycles. The van der Waals surface area contributed by atoms with Crippen molar-refractivity contribution >= 4 is 29.9 Å². The molecule has 24 heavy (non-hydrogen) atoms. The SMILES string of the molecule is CCNC(=NCC1CCCN1CCOC)N1CCC(COC)C1.I. The van der Waals surface area contributed by atoms with E-state index in [1.54, 1.807) is 14.2 Å². The summed E-state index contributed by atoms with van der Waals surface area (Å²) in [5.41, 5.74) is 0. The zero-order valence-corrected chi connectivity index (χ0v) is 17.8. The van der Waals surface area contributed by atoms with Crippen LogP contribution in [0.5, 0.6) is 0 Å². The first kappa shape index (κ1) is 21.9. The van der Waals surface area contributed by atoms with E-state index >= 15 is 0 Å². The first-order valence-corrected chi connectivity index (χ1v) is 9.03. The van der Waals surface area contributed by atoms with Crippen molar-refractivity contribution < 1.29 is 9.47 Å². The van der Waals surface area contributed by atoms with Gasteiger partial charge in [-0.05, 0) is 32.7 Å². The molecule has 0 aromatic heterocycles. The van der Waals surface area contributed by atoms with E-state index in [1.165, 1.54) is 25.8 Å². The maximum atomic E-state index is 5.30. The van der Waals surface area contributed by atoms with Crippen LogP contribution in [0.15, 0.2) is 4.99 Å². The van der Waals surface area contributed by atoms with Crippen LogP contribution in [-0.4, -0.2) is 88.5 Å². The van der Waals surface area contributed by atoms with E-state index in [9.17, 15) is 0 Å². The number of likely N-dealkylation sites (tertiary alicyclic amines) is 2. The average molecular weight is 454 g/mol. The third-order valence-electron chi connectivity index (χ3n) is 4.86. The number of aliphatic imine (C=N–C) groups is 1. The number of halogens is 1. The average Bonchev–Trinajstić information content (AvgIpc) is 3.19. The van der Waals surface area contributed by atoms with Crippen molar-refractivity contribution in [1.29, 1.82) is 0 Å². The van der Waals surface area contributed by atoms with Gasteiger partial charge in [-0.25, -0.2) is 0 Å². The van der Waals surface area contributed by atoms with E-state index in [2.05, 4.69) is 22.0 Å². The zero-order chi connectivity index (χ0) is 16.5. The maximum Gasteiger partial charge on any atom is 0.193 e. The van der Waals surface area contributed by atoms with Gasteiger partial charge in [0.2, 0.25) is 0 Å². The fourth-order valence-corrected chi connectivity index (χ4v) is 3.62. The normalized spacial score (nSPS) is 25.1. The standard InChI is InChI=1S/C17H34N4O2.HI/c1-4-18-17(21-9-7-15(13-21)14-23-3)19-12-16-6-5-8-20(16)10-11-22-2;/h15-16H,4-14H2,1-3H3,(H,18,19);1H. The van der Waals surface area contributed by atoms with E-state index in [-0.39, 0.29) is 24.0 Å². The Bertz CT molecular complexity index is 370. The van der Waals surface area contributed by atoms with Crippen molar-refractivity contribution in [1.82, 2.24) is 15.1 Å². The van der Waals surface area contributed by atoms with Crippen molar-refractivity contribution in [2.45, 2.75) is 32.2 Å². The van der Waals surface area contributed by atoms with Crippen LogP contribution in [0.4, 0.5) is 0 Å². The molecule has 2 aliphatic heterocycles. The third-order valence-corrected chi connectivity index (χ3v) is 4.86. The summed E-state index contributed by atoms with van der Waals surface area (Å²) in [6.45, 7) is 9.94. The summed E-state index contributed by atoms with van der Waals surface area (Å²) in [4.78, 5) is 9.85. The lowest BCUT2D eigenvalue weighted by Crippen LogP contribution is -2.42. The molecule has 2 aliphatic rings. The number of rotatable bonds is 8. The topological polar surface area (TPSA) is 49.3 Å². The molecule has 0 aliphatic carbocycles. The van der Waals surface area contributed by atoms with Crippen molar-refractivity contribution in [3.8, 4) is 0 Å². The van der Waals surface area contributed by atoms with Crippen LogP contribution >= 0.6 is 24.0 Å². The summed E-state index contributed by atoms with van der Waals surface area (Å²) in [5, 5.41) is 3.46. The summed E-state index contributed by atoms with van der Waals surface area (Å²) < 4.78 is 10.5. The van der Waals surface area contributed by atoms with E-state index < -0.39 is 0 Å². The predicted octanol–water partition coefficient (Wildman–Crippen LogP) is 1.65. The predicted molar refractivity (Wildman–Crippen MR) is 109 cm³/mol. The first-order valence-electron chi connectivity index (χ1n) is 9.03. The van der Waals surface area contributed by atoms with Gasteiger partial charge in [-0.2, -0.15) is 0 Å². The van der Waals surface area contributed by atoms with Gasteiger partial charge in [0.1, 0.15) is 0 Å². The molecule has 0 aromatic rings. The second-order valence-corrected chi connectivity index (χ2v) is 6.58. The lowest BCUT2D eigenvalue weighted by atomic mass is 10.1. The van der Waals surface area contributed by atoms with Crippen molar-refractivity contribution in [3.05, 3.63) is 0 Å². The van der Waals surface area contributed by atoms with Gasteiger partial charge >= 0.3 is 0 Å². The molecule has 1 N–H and O–H groups in total. The number of guanidine groups is 1. The van der Waals surface area contributed by atoms with E-state index in [1.807, 2.05) is 0 Å². The van der Waals surface area contributed by atoms with Gasteiger partial charge < -0.3 is 19.7 Å². The Morgan fingerprint density at radius 2 is 2.04 bits per heavy atom. The quantitative estimate of drug-likeness (QED) is 0.344. The second-order valence-electron chi connectivity index (χ2n) is 6.58. The van der Waals surface area contributed by atoms with Crippen LogP contribution in [0.2, 0.25) is 0 Å². The Morgan fingerprint density at radius 1 is 1.21 bits per heavy atom. The second kappa shape index (κ2) is 12.3. The number of nitrogens with zero attached hydrogens (tertiary/aromatic N) is 3. The number of hydrogen-bond donors (Lipinski definition) is 1. The maximum absolute atomic E-state index is 5.30. The Balaban J connectivity index is 0.00000288. The van der Waals surface area contributed by atoms with Crippen molar-refractivity contribution in [2.75, 3.05) is 66.7 Å². The van der Waals surface area contributed by atoms with Gasteiger partial charge in [0.15, 0.2) is 5.96 Å². The highest BCUT2D eigenvalue weighted by Crippen LogP contribution is 2.19. The summed E-state index contributed by atoms with van der Waals surface area (Å²) in [5.74, 6) is 1.71. The summed E-state index contributed by atoms with van der Waals surface area (Å²) in [6, 6.07) is 0.566. The Morgan fingerprint density at radius 3 is 2.75 bits per heavy atom. The van der Waals surface area contributed by atoms with Gasteiger partial charge in [0.25, 0.3) is 0 Å². The fourth-order valence-electron chi connectivity index (χ4n) is 3.62. The molecule has 7 heteroatoms. The van der Waals surface area contributed by atoms with Gasteiger partial charge in [-0.1, -0.05) is 0 Å². The number of hydrogen-bond acceptors (Lipinski definition) is 4. The van der Waals surface area contributed by atoms with Crippen LogP contribution in [0.25, 0.3) is 0 Å². The van der Waals surface area contributed by atoms with Crippen LogP contribution in [0.3, 0.4) is 0 Å². The molecule has 142 valence electrons. The third kappa shape index (κ3) is 6.65. The van der Waals surface area contributed by atoms with Gasteiger partial charge in [-0.15, -0.1) is 24.0 Å². The largest absolute Gasteiger partial charge is 0.384 e. The zero-order valence-electron chi connectivity index (χ0n) is 15.5. The first-order chi connectivity index (χ1) is 11.3. The smallest absolute Gasteiger partial charge is 0.193 e. The molecule has 2 saturated heterocycles. The summed E-state index contributed by atoms with van der Waals surface area (Å²) >= 11 is 0. The minimum Gasteiger partial charge on any atom is -0.384 e. The molecule has 0 spiro atoms. The molecular weight excluding hydrogens is 419 g/mol. The van der Waals surface area contributed by atoms with E-state index in [0.717, 1.165) is 51.9 Å². The Kier molecular flexibility index (Phi) is 11.2.